The molecule has 1 amide bonds. The van der Waals surface area contributed by atoms with Gasteiger partial charge in [0.1, 0.15) is 11.3 Å². The lowest BCUT2D eigenvalue weighted by atomic mass is 9.95. The molecule has 2 heterocycles. The number of aryl methyl sites for hydroxylation is 1. The molecule has 2 aromatic rings. The maximum absolute atomic E-state index is 12.6. The molecule has 0 saturated carbocycles. The highest BCUT2D eigenvalue weighted by molar-refractivity contribution is 6.04. The van der Waals surface area contributed by atoms with E-state index in [0.717, 1.165) is 43.7 Å². The summed E-state index contributed by atoms with van der Waals surface area (Å²) in [6.45, 7) is 3.27. The van der Waals surface area contributed by atoms with Crippen LogP contribution in [0.4, 0.5) is 18.9 Å². The Balaban J connectivity index is 1.79. The number of hydrogen-bond acceptors (Lipinski definition) is 4. The minimum atomic E-state index is -4.45. The van der Waals surface area contributed by atoms with E-state index in [4.69, 9.17) is 4.42 Å². The van der Waals surface area contributed by atoms with Crippen LogP contribution in [0.2, 0.25) is 0 Å². The molecule has 0 spiro atoms. The third-order valence-electron chi connectivity index (χ3n) is 4.56. The van der Waals surface area contributed by atoms with Crippen LogP contribution in [0.25, 0.3) is 0 Å². The molecule has 0 bridgehead atoms. The van der Waals surface area contributed by atoms with Gasteiger partial charge in [-0.3, -0.25) is 4.79 Å². The minimum absolute atomic E-state index is 0.0807. The number of benzene rings is 1. The summed E-state index contributed by atoms with van der Waals surface area (Å²) < 4.78 is 43.1. The molecule has 1 aliphatic heterocycles. The lowest BCUT2D eigenvalue weighted by molar-refractivity contribution is -0.137. The van der Waals surface area contributed by atoms with Crippen molar-refractivity contribution in [1.29, 1.82) is 0 Å². The smallest absolute Gasteiger partial charge is 0.416 e. The van der Waals surface area contributed by atoms with Crippen molar-refractivity contribution in [2.24, 2.45) is 0 Å². The average molecular weight is 380 g/mol. The fourth-order valence-electron chi connectivity index (χ4n) is 3.14. The van der Waals surface area contributed by atoms with Crippen molar-refractivity contribution >= 4 is 11.6 Å². The number of anilines is 1. The minimum Gasteiger partial charge on any atom is -0.427 e. The normalized spacial score (nSPS) is 17.6. The van der Waals surface area contributed by atoms with E-state index < -0.39 is 23.3 Å². The predicted molar refractivity (Wildman–Crippen MR) is 94.0 cm³/mol. The molecule has 1 aromatic heterocycles. The van der Waals surface area contributed by atoms with Gasteiger partial charge < -0.3 is 15.1 Å². The van der Waals surface area contributed by atoms with Crippen LogP contribution in [0.3, 0.4) is 0 Å². The first-order valence-corrected chi connectivity index (χ1v) is 8.59. The van der Waals surface area contributed by atoms with Gasteiger partial charge in [0.05, 0.1) is 5.56 Å². The summed E-state index contributed by atoms with van der Waals surface area (Å²) in [5, 5.41) is 5.67. The van der Waals surface area contributed by atoms with Gasteiger partial charge in [-0.2, -0.15) is 13.2 Å². The summed E-state index contributed by atoms with van der Waals surface area (Å²) in [6, 6.07) is 5.69. The molecule has 0 aliphatic carbocycles. The van der Waals surface area contributed by atoms with Gasteiger partial charge in [0.25, 0.3) is 5.91 Å². The van der Waals surface area contributed by atoms with Crippen molar-refractivity contribution in [2.45, 2.75) is 31.9 Å². The van der Waals surface area contributed by atoms with E-state index in [9.17, 15) is 22.8 Å². The van der Waals surface area contributed by atoms with Gasteiger partial charge in [0.15, 0.2) is 0 Å². The molecule has 1 saturated heterocycles. The Morgan fingerprint density at radius 1 is 1.26 bits per heavy atom. The van der Waals surface area contributed by atoms with E-state index in [0.29, 0.717) is 17.9 Å². The zero-order valence-corrected chi connectivity index (χ0v) is 14.7. The van der Waals surface area contributed by atoms with Gasteiger partial charge in [-0.25, -0.2) is 4.79 Å². The van der Waals surface area contributed by atoms with Crippen LogP contribution in [0.5, 0.6) is 0 Å². The molecule has 5 nitrogen and oxygen atoms in total. The highest BCUT2D eigenvalue weighted by atomic mass is 19.4. The molecular weight excluding hydrogens is 361 g/mol. The third kappa shape index (κ3) is 4.39. The Kier molecular flexibility index (Phi) is 5.36. The van der Waals surface area contributed by atoms with Gasteiger partial charge in [0, 0.05) is 18.2 Å². The van der Waals surface area contributed by atoms with E-state index >= 15 is 0 Å². The zero-order valence-electron chi connectivity index (χ0n) is 14.7. The number of piperidine rings is 1. The summed E-state index contributed by atoms with van der Waals surface area (Å²) in [6.07, 6.45) is -2.58. The molecular formula is C19H19F3N2O3. The number of carbonyl (C=O) groups excluding carboxylic acids is 1. The molecule has 3 rings (SSSR count). The third-order valence-corrected chi connectivity index (χ3v) is 4.56. The summed E-state index contributed by atoms with van der Waals surface area (Å²) >= 11 is 0. The highest BCUT2D eigenvalue weighted by Crippen LogP contribution is 2.30. The lowest BCUT2D eigenvalue weighted by Gasteiger charge is -2.22. The highest BCUT2D eigenvalue weighted by Gasteiger charge is 2.30. The van der Waals surface area contributed by atoms with Gasteiger partial charge in [0.2, 0.25) is 0 Å². The van der Waals surface area contributed by atoms with Crippen LogP contribution in [-0.4, -0.2) is 19.0 Å². The number of amides is 1. The van der Waals surface area contributed by atoms with E-state index in [-0.39, 0.29) is 17.2 Å². The molecule has 1 fully saturated rings. The second-order valence-electron chi connectivity index (χ2n) is 6.57. The van der Waals surface area contributed by atoms with Crippen molar-refractivity contribution in [3.05, 3.63) is 63.2 Å². The Morgan fingerprint density at radius 3 is 2.52 bits per heavy atom. The number of rotatable bonds is 3. The summed E-state index contributed by atoms with van der Waals surface area (Å²) in [5.41, 5.74) is -1.09. The number of alkyl halides is 3. The van der Waals surface area contributed by atoms with Crippen LogP contribution in [0, 0.1) is 6.92 Å². The van der Waals surface area contributed by atoms with Gasteiger partial charge >= 0.3 is 11.8 Å². The molecule has 2 N–H and O–H groups in total. The second-order valence-corrected chi connectivity index (χ2v) is 6.57. The maximum atomic E-state index is 12.6. The summed E-state index contributed by atoms with van der Waals surface area (Å²) in [5.74, 6) is -0.0951. The average Bonchev–Trinajstić information content (AvgIpc) is 2.61. The van der Waals surface area contributed by atoms with Crippen molar-refractivity contribution in [3.63, 3.8) is 0 Å². The molecule has 1 aliphatic rings. The molecule has 1 atom stereocenters. The topological polar surface area (TPSA) is 71.3 Å². The fourth-order valence-corrected chi connectivity index (χ4v) is 3.14. The fraction of sp³-hybridized carbons (Fsp3) is 0.368. The monoisotopic (exact) mass is 380 g/mol. The summed E-state index contributed by atoms with van der Waals surface area (Å²) in [7, 11) is 0. The van der Waals surface area contributed by atoms with Crippen LogP contribution in [0.1, 0.15) is 46.0 Å². The van der Waals surface area contributed by atoms with E-state index in [2.05, 4.69) is 10.6 Å². The van der Waals surface area contributed by atoms with Crippen molar-refractivity contribution in [1.82, 2.24) is 5.32 Å². The molecule has 1 unspecified atom stereocenters. The number of nitrogens with one attached hydrogen (secondary N) is 2. The van der Waals surface area contributed by atoms with Crippen molar-refractivity contribution in [2.75, 3.05) is 18.4 Å². The van der Waals surface area contributed by atoms with Crippen molar-refractivity contribution in [3.8, 4) is 0 Å². The predicted octanol–water partition coefficient (Wildman–Crippen LogP) is 3.69. The molecule has 144 valence electrons. The molecule has 27 heavy (non-hydrogen) atoms. The first kappa shape index (κ1) is 19.2. The Labute approximate surface area is 153 Å². The summed E-state index contributed by atoms with van der Waals surface area (Å²) in [4.78, 5) is 24.7. The largest absolute Gasteiger partial charge is 0.427 e. The van der Waals surface area contributed by atoms with E-state index in [1.807, 2.05) is 0 Å². The SMILES string of the molecule is Cc1cc(C2CCCNC2)oc(=O)c1C(=O)Nc1ccc(C(F)(F)F)cc1. The lowest BCUT2D eigenvalue weighted by Crippen LogP contribution is -2.30. The Hall–Kier alpha value is -2.61. The Bertz CT molecular complexity index is 883. The van der Waals surface area contributed by atoms with Gasteiger partial charge in [-0.1, -0.05) is 0 Å². The van der Waals surface area contributed by atoms with Crippen LogP contribution in [0.15, 0.2) is 39.5 Å². The van der Waals surface area contributed by atoms with Crippen LogP contribution in [-0.2, 0) is 6.18 Å². The number of carbonyl (C=O) groups is 1. The standard InChI is InChI=1S/C19H19F3N2O3/c1-11-9-15(12-3-2-8-23-10-12)27-18(26)16(11)17(25)24-14-6-4-13(5-7-14)19(20,21)22/h4-7,9,12,23H,2-3,8,10H2,1H3,(H,24,25). The second kappa shape index (κ2) is 7.56. The molecule has 0 radical (unpaired) electrons. The van der Waals surface area contributed by atoms with Crippen LogP contribution < -0.4 is 16.3 Å². The first-order chi connectivity index (χ1) is 12.8. The van der Waals surface area contributed by atoms with E-state index in [1.54, 1.807) is 13.0 Å². The molecule has 1 aromatic carbocycles. The van der Waals surface area contributed by atoms with Gasteiger partial charge in [-0.05, 0) is 62.2 Å². The van der Waals surface area contributed by atoms with E-state index in [1.165, 1.54) is 0 Å². The quantitative estimate of drug-likeness (QED) is 0.852. The molecule has 8 heteroatoms. The maximum Gasteiger partial charge on any atom is 0.416 e. The Morgan fingerprint density at radius 2 is 1.96 bits per heavy atom. The van der Waals surface area contributed by atoms with Crippen molar-refractivity contribution < 1.29 is 22.4 Å². The first-order valence-electron chi connectivity index (χ1n) is 8.59. The number of halogens is 3. The van der Waals surface area contributed by atoms with Crippen LogP contribution >= 0.6 is 0 Å². The zero-order chi connectivity index (χ0) is 19.6. The van der Waals surface area contributed by atoms with Gasteiger partial charge in [-0.15, -0.1) is 0 Å². The number of hydrogen-bond donors (Lipinski definition) is 2.